The van der Waals surface area contributed by atoms with Crippen LogP contribution >= 0.6 is 0 Å². The van der Waals surface area contributed by atoms with Gasteiger partial charge in [-0.15, -0.1) is 0 Å². The highest BCUT2D eigenvalue weighted by Gasteiger charge is 2.25. The van der Waals surface area contributed by atoms with Crippen LogP contribution in [0.5, 0.6) is 0 Å². The Kier molecular flexibility index (Phi) is 9.22. The van der Waals surface area contributed by atoms with Gasteiger partial charge in [-0.3, -0.25) is 19.5 Å². The number of benzene rings is 2. The van der Waals surface area contributed by atoms with Gasteiger partial charge in [0.2, 0.25) is 0 Å². The largest absolute Gasteiger partial charge is 0.356 e. The Morgan fingerprint density at radius 1 is 0.773 bits per heavy atom. The molecular weight excluding hydrogens is 555 g/mol. The first-order valence-electron chi connectivity index (χ1n) is 15.3. The topological polar surface area (TPSA) is 90.5 Å². The number of hydrogen-bond acceptors (Lipinski definition) is 6. The van der Waals surface area contributed by atoms with E-state index in [0.717, 1.165) is 69.8 Å². The van der Waals surface area contributed by atoms with E-state index in [0.29, 0.717) is 16.7 Å². The summed E-state index contributed by atoms with van der Waals surface area (Å²) >= 11 is 0. The lowest BCUT2D eigenvalue weighted by Gasteiger charge is -2.34. The van der Waals surface area contributed by atoms with Crippen molar-refractivity contribution >= 4 is 17.6 Å². The van der Waals surface area contributed by atoms with Crippen LogP contribution in [0.2, 0.25) is 0 Å². The van der Waals surface area contributed by atoms with Crippen LogP contribution in [0.4, 0.5) is 10.2 Å². The van der Waals surface area contributed by atoms with Crippen LogP contribution < -0.4 is 15.5 Å². The molecule has 0 bridgehead atoms. The van der Waals surface area contributed by atoms with E-state index in [2.05, 4.69) is 37.6 Å². The molecule has 8 nitrogen and oxygen atoms in total. The van der Waals surface area contributed by atoms with Crippen LogP contribution in [0.1, 0.15) is 52.0 Å². The number of pyridine rings is 2. The van der Waals surface area contributed by atoms with Gasteiger partial charge in [0.15, 0.2) is 0 Å². The molecule has 0 spiro atoms. The Morgan fingerprint density at radius 3 is 2.18 bits per heavy atom. The molecule has 4 heterocycles. The van der Waals surface area contributed by atoms with Gasteiger partial charge in [-0.2, -0.15) is 0 Å². The Hall–Kier alpha value is -4.63. The minimum absolute atomic E-state index is 0.00102. The summed E-state index contributed by atoms with van der Waals surface area (Å²) in [6.07, 6.45) is 8.56. The van der Waals surface area contributed by atoms with Crippen molar-refractivity contribution in [1.29, 1.82) is 0 Å². The molecule has 2 aliphatic rings. The van der Waals surface area contributed by atoms with Gasteiger partial charge in [0.25, 0.3) is 11.8 Å². The number of halogens is 1. The molecule has 2 aromatic heterocycles. The van der Waals surface area contributed by atoms with E-state index in [1.165, 1.54) is 6.07 Å². The molecule has 226 valence electrons. The predicted molar refractivity (Wildman–Crippen MR) is 169 cm³/mol. The van der Waals surface area contributed by atoms with Gasteiger partial charge in [-0.25, -0.2) is 9.37 Å². The quantitative estimate of drug-likeness (QED) is 0.297. The molecule has 6 rings (SSSR count). The van der Waals surface area contributed by atoms with E-state index in [4.69, 9.17) is 4.98 Å². The summed E-state index contributed by atoms with van der Waals surface area (Å²) in [6, 6.07) is 22.2. The maximum Gasteiger partial charge on any atom is 0.254 e. The number of piperidine rings is 2. The SMILES string of the molecule is O=C(NC1CCN(c2ccc(CN3CCC(NC(=O)c4cccc(-c5cccnc5)c4F)CC3)cn2)CC1)c1ccccc1. The van der Waals surface area contributed by atoms with Crippen molar-refractivity contribution in [3.8, 4) is 11.1 Å². The molecule has 2 fully saturated rings. The number of nitrogens with zero attached hydrogens (tertiary/aromatic N) is 4. The van der Waals surface area contributed by atoms with Crippen LogP contribution in [-0.2, 0) is 6.54 Å². The number of carbonyl (C=O) groups is 2. The standard InChI is InChI=1S/C35H37FN6O2/c36-33-30(27-8-5-17-37-23-27)9-4-10-31(33)35(44)40-28-13-18-41(19-14-28)24-25-11-12-32(38-22-25)42-20-15-29(16-21-42)39-34(43)26-6-2-1-3-7-26/h1-12,17,22-23,28-29H,13-16,18-21,24H2,(H,39,43)(H,40,44). The molecule has 0 saturated carbocycles. The molecule has 0 atom stereocenters. The monoisotopic (exact) mass is 592 g/mol. The molecule has 2 N–H and O–H groups in total. The van der Waals surface area contributed by atoms with Crippen molar-refractivity contribution in [2.24, 2.45) is 0 Å². The minimum atomic E-state index is -0.523. The molecule has 0 aliphatic carbocycles. The summed E-state index contributed by atoms with van der Waals surface area (Å²) in [5, 5.41) is 6.20. The molecule has 0 radical (unpaired) electrons. The summed E-state index contributed by atoms with van der Waals surface area (Å²) in [5.41, 5.74) is 2.91. The fourth-order valence-corrected chi connectivity index (χ4v) is 6.02. The molecule has 0 unspecified atom stereocenters. The molecule has 2 amide bonds. The number of anilines is 1. The number of likely N-dealkylation sites (tertiary alicyclic amines) is 1. The molecular formula is C35H37FN6O2. The van der Waals surface area contributed by atoms with Gasteiger partial charge in [0.05, 0.1) is 5.56 Å². The van der Waals surface area contributed by atoms with Crippen LogP contribution in [0.15, 0.2) is 91.4 Å². The van der Waals surface area contributed by atoms with Crippen LogP contribution in [0.25, 0.3) is 11.1 Å². The number of hydrogen-bond donors (Lipinski definition) is 2. The highest BCUT2D eigenvalue weighted by atomic mass is 19.1. The zero-order valence-electron chi connectivity index (χ0n) is 24.7. The van der Waals surface area contributed by atoms with Gasteiger partial charge >= 0.3 is 0 Å². The Labute approximate surface area is 257 Å². The number of rotatable bonds is 8. The van der Waals surface area contributed by atoms with Gasteiger partial charge < -0.3 is 15.5 Å². The van der Waals surface area contributed by atoms with Crippen molar-refractivity contribution in [2.45, 2.75) is 44.3 Å². The summed E-state index contributed by atoms with van der Waals surface area (Å²) in [7, 11) is 0. The number of amides is 2. The molecule has 2 aliphatic heterocycles. The smallest absolute Gasteiger partial charge is 0.254 e. The summed E-state index contributed by atoms with van der Waals surface area (Å²) < 4.78 is 15.2. The summed E-state index contributed by atoms with van der Waals surface area (Å²) in [4.78, 5) is 38.9. The Morgan fingerprint density at radius 2 is 1.50 bits per heavy atom. The fourth-order valence-electron chi connectivity index (χ4n) is 6.02. The Balaban J connectivity index is 0.946. The van der Waals surface area contributed by atoms with E-state index in [9.17, 15) is 9.59 Å². The van der Waals surface area contributed by atoms with Crippen LogP contribution in [0.3, 0.4) is 0 Å². The average Bonchev–Trinajstić information content (AvgIpc) is 3.07. The number of aromatic nitrogens is 2. The number of carbonyl (C=O) groups excluding carboxylic acids is 2. The number of nitrogens with one attached hydrogen (secondary N) is 2. The third kappa shape index (κ3) is 7.11. The van der Waals surface area contributed by atoms with E-state index in [1.807, 2.05) is 36.5 Å². The lowest BCUT2D eigenvalue weighted by atomic mass is 10.0. The molecule has 2 aromatic carbocycles. The van der Waals surface area contributed by atoms with Crippen molar-refractivity contribution in [1.82, 2.24) is 25.5 Å². The van der Waals surface area contributed by atoms with Gasteiger partial charge in [0.1, 0.15) is 11.6 Å². The molecule has 4 aromatic rings. The van der Waals surface area contributed by atoms with Crippen LogP contribution in [-0.4, -0.2) is 64.9 Å². The first-order chi connectivity index (χ1) is 21.5. The average molecular weight is 593 g/mol. The van der Waals surface area contributed by atoms with Gasteiger partial charge in [0, 0.05) is 80.1 Å². The summed E-state index contributed by atoms with van der Waals surface area (Å²) in [6.45, 7) is 4.18. The van der Waals surface area contributed by atoms with Crippen LogP contribution in [0, 0.1) is 5.82 Å². The zero-order chi connectivity index (χ0) is 30.3. The highest BCUT2D eigenvalue weighted by molar-refractivity contribution is 5.96. The van der Waals surface area contributed by atoms with E-state index >= 15 is 4.39 Å². The third-order valence-corrected chi connectivity index (χ3v) is 8.54. The lowest BCUT2D eigenvalue weighted by Crippen LogP contribution is -2.45. The van der Waals surface area contributed by atoms with Gasteiger partial charge in [-0.1, -0.05) is 42.5 Å². The minimum Gasteiger partial charge on any atom is -0.356 e. The van der Waals surface area contributed by atoms with Gasteiger partial charge in [-0.05, 0) is 61.6 Å². The second-order valence-electron chi connectivity index (χ2n) is 11.6. The maximum atomic E-state index is 15.2. The van der Waals surface area contributed by atoms with E-state index in [-0.39, 0.29) is 29.5 Å². The summed E-state index contributed by atoms with van der Waals surface area (Å²) in [5.74, 6) is 0.0425. The molecule has 44 heavy (non-hydrogen) atoms. The first kappa shape index (κ1) is 29.4. The second kappa shape index (κ2) is 13.8. The predicted octanol–water partition coefficient (Wildman–Crippen LogP) is 5.08. The third-order valence-electron chi connectivity index (χ3n) is 8.54. The second-order valence-corrected chi connectivity index (χ2v) is 11.6. The highest BCUT2D eigenvalue weighted by Crippen LogP contribution is 2.25. The molecule has 9 heteroatoms. The maximum absolute atomic E-state index is 15.2. The first-order valence-corrected chi connectivity index (χ1v) is 15.3. The normalized spacial score (nSPS) is 16.4. The Bertz CT molecular complexity index is 1550. The van der Waals surface area contributed by atoms with Crippen molar-refractivity contribution < 1.29 is 14.0 Å². The fraction of sp³-hybridized carbons (Fsp3) is 0.314. The van der Waals surface area contributed by atoms with E-state index in [1.54, 1.807) is 36.7 Å². The van der Waals surface area contributed by atoms with Crippen molar-refractivity contribution in [3.63, 3.8) is 0 Å². The molecule has 2 saturated heterocycles. The van der Waals surface area contributed by atoms with Crippen molar-refractivity contribution in [3.05, 3.63) is 114 Å². The van der Waals surface area contributed by atoms with Crippen molar-refractivity contribution in [2.75, 3.05) is 31.1 Å². The lowest BCUT2D eigenvalue weighted by molar-refractivity contribution is 0.0902. The van der Waals surface area contributed by atoms with E-state index < -0.39 is 5.82 Å². The zero-order valence-corrected chi connectivity index (χ0v) is 24.7.